The summed E-state index contributed by atoms with van der Waals surface area (Å²) in [5.74, 6) is -0.0461. The van der Waals surface area contributed by atoms with Gasteiger partial charge in [0.25, 0.3) is 5.91 Å². The molecule has 0 radical (unpaired) electrons. The van der Waals surface area contributed by atoms with Crippen LogP contribution in [0.3, 0.4) is 0 Å². The predicted octanol–water partition coefficient (Wildman–Crippen LogP) is 1.77. The number of rotatable bonds is 4. The lowest BCUT2D eigenvalue weighted by atomic mass is 9.86. The molecule has 146 valence electrons. The zero-order valence-electron chi connectivity index (χ0n) is 15.2. The molecule has 1 fully saturated rings. The zero-order valence-corrected chi connectivity index (χ0v) is 15.2. The van der Waals surface area contributed by atoms with Crippen LogP contribution in [0.1, 0.15) is 32.6 Å². The number of imide groups is 1. The lowest BCUT2D eigenvalue weighted by molar-refractivity contribution is -0.157. The first-order chi connectivity index (χ1) is 13.0. The molecule has 0 bridgehead atoms. The highest BCUT2D eigenvalue weighted by Gasteiger charge is 2.29. The van der Waals surface area contributed by atoms with Crippen molar-refractivity contribution in [3.8, 4) is 11.5 Å². The van der Waals surface area contributed by atoms with Crippen LogP contribution in [0.15, 0.2) is 24.3 Å². The largest absolute Gasteiger partial charge is 0.485 e. The van der Waals surface area contributed by atoms with Crippen LogP contribution in [0.5, 0.6) is 11.5 Å². The van der Waals surface area contributed by atoms with Crippen molar-refractivity contribution in [1.29, 1.82) is 0 Å². The van der Waals surface area contributed by atoms with Crippen LogP contribution in [-0.4, -0.2) is 43.3 Å². The number of hydrogen-bond donors (Lipinski definition) is 2. The monoisotopic (exact) mass is 376 g/mol. The summed E-state index contributed by atoms with van der Waals surface area (Å²) in [5.41, 5.74) is 0. The van der Waals surface area contributed by atoms with Gasteiger partial charge in [0.05, 0.1) is 0 Å². The van der Waals surface area contributed by atoms with E-state index < -0.39 is 30.6 Å². The molecular formula is C19H24N2O6. The third-order valence-corrected chi connectivity index (χ3v) is 4.80. The van der Waals surface area contributed by atoms with Crippen LogP contribution in [0.25, 0.3) is 0 Å². The predicted molar refractivity (Wildman–Crippen MR) is 95.4 cm³/mol. The summed E-state index contributed by atoms with van der Waals surface area (Å²) in [5, 5.41) is 4.99. The van der Waals surface area contributed by atoms with E-state index >= 15 is 0 Å². The quantitative estimate of drug-likeness (QED) is 0.777. The summed E-state index contributed by atoms with van der Waals surface area (Å²) in [6.45, 7) is 1.52. The number of ether oxygens (including phenoxy) is 3. The molecule has 1 aromatic carbocycles. The Hall–Kier alpha value is -2.77. The number of hydrogen-bond acceptors (Lipinski definition) is 6. The molecule has 0 spiro atoms. The molecule has 1 aliphatic carbocycles. The topological polar surface area (TPSA) is 103 Å². The van der Waals surface area contributed by atoms with Crippen molar-refractivity contribution in [1.82, 2.24) is 10.6 Å². The Balaban J connectivity index is 1.40. The van der Waals surface area contributed by atoms with Crippen LogP contribution >= 0.6 is 0 Å². The minimum Gasteiger partial charge on any atom is -0.485 e. The van der Waals surface area contributed by atoms with E-state index in [1.54, 1.807) is 24.3 Å². The van der Waals surface area contributed by atoms with Crippen molar-refractivity contribution >= 4 is 17.9 Å². The van der Waals surface area contributed by atoms with E-state index in [2.05, 4.69) is 17.6 Å². The number of nitrogens with one attached hydrogen (secondary N) is 2. The Morgan fingerprint density at radius 3 is 2.67 bits per heavy atom. The molecule has 0 aromatic heterocycles. The summed E-state index contributed by atoms with van der Waals surface area (Å²) in [7, 11) is 0. The minimum atomic E-state index is -0.954. The summed E-state index contributed by atoms with van der Waals surface area (Å²) in [6, 6.07) is 6.45. The maximum atomic E-state index is 12.1. The average molecular weight is 376 g/mol. The van der Waals surface area contributed by atoms with Crippen molar-refractivity contribution in [2.24, 2.45) is 5.92 Å². The van der Waals surface area contributed by atoms with Gasteiger partial charge in [-0.2, -0.15) is 0 Å². The van der Waals surface area contributed by atoms with Gasteiger partial charge >= 0.3 is 12.0 Å². The van der Waals surface area contributed by atoms with Crippen LogP contribution in [0.2, 0.25) is 0 Å². The Morgan fingerprint density at radius 2 is 1.89 bits per heavy atom. The van der Waals surface area contributed by atoms with Crippen molar-refractivity contribution in [3.63, 3.8) is 0 Å². The van der Waals surface area contributed by atoms with Crippen molar-refractivity contribution in [2.75, 3.05) is 13.2 Å². The molecule has 1 saturated carbocycles. The molecule has 8 heteroatoms. The molecule has 8 nitrogen and oxygen atoms in total. The molecule has 27 heavy (non-hydrogen) atoms. The highest BCUT2D eigenvalue weighted by atomic mass is 16.6. The van der Waals surface area contributed by atoms with E-state index in [4.69, 9.17) is 14.2 Å². The molecule has 2 N–H and O–H groups in total. The molecule has 1 aliphatic heterocycles. The molecular weight excluding hydrogens is 352 g/mol. The first-order valence-electron chi connectivity index (χ1n) is 9.18. The summed E-state index contributed by atoms with van der Waals surface area (Å²) >= 11 is 0. The maximum absolute atomic E-state index is 12.1. The first kappa shape index (κ1) is 19.0. The molecule has 3 rings (SSSR count). The smallest absolute Gasteiger partial charge is 0.351 e. The van der Waals surface area contributed by atoms with Gasteiger partial charge in [-0.15, -0.1) is 0 Å². The Kier molecular flexibility index (Phi) is 6.16. The molecule has 3 amide bonds. The number of carbonyl (C=O) groups excluding carboxylic acids is 3. The van der Waals surface area contributed by atoms with Gasteiger partial charge in [-0.05, 0) is 30.9 Å². The van der Waals surface area contributed by atoms with Crippen LogP contribution in [-0.2, 0) is 14.3 Å². The fourth-order valence-corrected chi connectivity index (χ4v) is 3.26. The molecule has 2 aliphatic rings. The van der Waals surface area contributed by atoms with Crippen LogP contribution < -0.4 is 20.1 Å². The van der Waals surface area contributed by atoms with E-state index in [0.29, 0.717) is 17.4 Å². The molecule has 1 heterocycles. The van der Waals surface area contributed by atoms with E-state index in [0.717, 1.165) is 25.7 Å². The fourth-order valence-electron chi connectivity index (χ4n) is 3.26. The first-order valence-corrected chi connectivity index (χ1v) is 9.18. The Morgan fingerprint density at radius 1 is 1.15 bits per heavy atom. The lowest BCUT2D eigenvalue weighted by Crippen LogP contribution is -2.49. The number of amides is 3. The maximum Gasteiger partial charge on any atom is 0.351 e. The highest BCUT2D eigenvalue weighted by molar-refractivity contribution is 5.95. The van der Waals surface area contributed by atoms with Crippen LogP contribution in [0, 0.1) is 5.92 Å². The number of benzene rings is 1. The Bertz CT molecular complexity index is 707. The van der Waals surface area contributed by atoms with Gasteiger partial charge < -0.3 is 19.5 Å². The van der Waals surface area contributed by atoms with Gasteiger partial charge in [0.1, 0.15) is 6.61 Å². The van der Waals surface area contributed by atoms with Crippen molar-refractivity contribution in [2.45, 2.75) is 44.8 Å². The fraction of sp³-hybridized carbons (Fsp3) is 0.526. The number of carbonyl (C=O) groups is 3. The second kappa shape index (κ2) is 8.75. The SMILES string of the molecule is C[C@H]1CCCC[C@@H]1NC(=O)NC(=O)COC(=O)[C@@H]1COc2ccccc2O1. The van der Waals surface area contributed by atoms with E-state index in [-0.39, 0.29) is 12.6 Å². The second-order valence-corrected chi connectivity index (χ2v) is 6.86. The Labute approximate surface area is 157 Å². The van der Waals surface area contributed by atoms with E-state index in [9.17, 15) is 14.4 Å². The van der Waals surface area contributed by atoms with Gasteiger partial charge in [-0.1, -0.05) is 31.9 Å². The number of para-hydroxylation sites is 2. The average Bonchev–Trinajstić information content (AvgIpc) is 2.67. The standard InChI is InChI=1S/C19H24N2O6/c1-12-6-2-3-7-13(12)20-19(24)21-17(22)11-26-18(23)16-10-25-14-8-4-5-9-15(14)27-16/h4-5,8-9,12-13,16H,2-3,6-7,10-11H2,1H3,(H2,20,21,22,24)/t12-,13-,16-/m0/s1. The second-order valence-electron chi connectivity index (χ2n) is 6.86. The van der Waals surface area contributed by atoms with Gasteiger partial charge in [0, 0.05) is 6.04 Å². The highest BCUT2D eigenvalue weighted by Crippen LogP contribution is 2.31. The normalized spacial score (nSPS) is 23.8. The molecule has 3 atom stereocenters. The number of esters is 1. The third kappa shape index (κ3) is 5.12. The zero-order chi connectivity index (χ0) is 19.2. The van der Waals surface area contributed by atoms with E-state index in [1.807, 2.05) is 0 Å². The van der Waals surface area contributed by atoms with Crippen LogP contribution in [0.4, 0.5) is 4.79 Å². The molecule has 0 unspecified atom stereocenters. The summed E-state index contributed by atoms with van der Waals surface area (Å²) in [4.78, 5) is 35.8. The van der Waals surface area contributed by atoms with Gasteiger partial charge in [0.15, 0.2) is 18.1 Å². The van der Waals surface area contributed by atoms with Crippen molar-refractivity contribution in [3.05, 3.63) is 24.3 Å². The molecule has 0 saturated heterocycles. The minimum absolute atomic E-state index is 0.00246. The van der Waals surface area contributed by atoms with E-state index in [1.165, 1.54) is 0 Å². The van der Waals surface area contributed by atoms with Gasteiger partial charge in [-0.3, -0.25) is 10.1 Å². The lowest BCUT2D eigenvalue weighted by Gasteiger charge is -2.29. The molecule has 1 aromatic rings. The summed E-state index contributed by atoms with van der Waals surface area (Å²) in [6.07, 6.45) is 3.23. The number of fused-ring (bicyclic) bond motifs is 1. The van der Waals surface area contributed by atoms with Gasteiger partial charge in [0.2, 0.25) is 6.10 Å². The third-order valence-electron chi connectivity index (χ3n) is 4.80. The van der Waals surface area contributed by atoms with Crippen molar-refractivity contribution < 1.29 is 28.6 Å². The summed E-state index contributed by atoms with van der Waals surface area (Å²) < 4.78 is 15.9. The number of urea groups is 1. The van der Waals surface area contributed by atoms with Gasteiger partial charge in [-0.25, -0.2) is 9.59 Å².